The molecule has 0 aromatic carbocycles. The monoisotopic (exact) mass is 169 g/mol. The summed E-state index contributed by atoms with van der Waals surface area (Å²) < 4.78 is 0. The van der Waals surface area contributed by atoms with Crippen LogP contribution in [0.15, 0.2) is 0 Å². The Balaban J connectivity index is 1.92. The highest BCUT2D eigenvalue weighted by Crippen LogP contribution is 2.36. The Labute approximate surface area is 74.3 Å². The number of piperidine rings is 2. The molecule has 70 valence electrons. The molecule has 0 bridgehead atoms. The fourth-order valence-corrected chi connectivity index (χ4v) is 2.46. The van der Waals surface area contributed by atoms with Crippen molar-refractivity contribution in [2.45, 2.75) is 25.7 Å². The van der Waals surface area contributed by atoms with Gasteiger partial charge in [-0.1, -0.05) is 0 Å². The van der Waals surface area contributed by atoms with E-state index >= 15 is 0 Å². The van der Waals surface area contributed by atoms with E-state index in [1.54, 1.807) is 0 Å². The van der Waals surface area contributed by atoms with Crippen molar-refractivity contribution >= 4 is 0 Å². The second kappa shape index (κ2) is 3.32. The first-order valence-electron chi connectivity index (χ1n) is 5.01. The number of rotatable bonds is 0. The highest BCUT2D eigenvalue weighted by Gasteiger charge is 2.34. The van der Waals surface area contributed by atoms with Crippen LogP contribution in [0.4, 0.5) is 0 Å². The first-order valence-corrected chi connectivity index (χ1v) is 5.01. The summed E-state index contributed by atoms with van der Waals surface area (Å²) in [4.78, 5) is 0. The smallest absolute Gasteiger partial charge is 0.0134 e. The minimum atomic E-state index is 0.605. The highest BCUT2D eigenvalue weighted by molar-refractivity contribution is 4.89. The molecule has 0 unspecified atom stereocenters. The number of nitrogens with one attached hydrogen (secondary N) is 1. The van der Waals surface area contributed by atoms with Crippen molar-refractivity contribution in [2.24, 2.45) is 11.3 Å². The van der Waals surface area contributed by atoms with Gasteiger partial charge < -0.3 is 5.32 Å². The molecule has 0 aliphatic carbocycles. The average molecular weight is 169 g/mol. The van der Waals surface area contributed by atoms with Crippen molar-refractivity contribution in [3.63, 3.8) is 0 Å². The van der Waals surface area contributed by atoms with Gasteiger partial charge >= 0.3 is 0 Å². The molecule has 2 heterocycles. The first-order chi connectivity index (χ1) is 5.81. The van der Waals surface area contributed by atoms with Gasteiger partial charge in [0.15, 0.2) is 0 Å². The summed E-state index contributed by atoms with van der Waals surface area (Å²) in [6.45, 7) is 4.61. The van der Waals surface area contributed by atoms with Crippen LogP contribution in [-0.2, 0) is 0 Å². The maximum atomic E-state index is 5.74. The molecule has 0 atom stereocenters. The molecule has 0 amide bonds. The zero-order valence-corrected chi connectivity index (χ0v) is 7.68. The van der Waals surface area contributed by atoms with Gasteiger partial charge in [-0.3, -0.25) is 5.84 Å². The Morgan fingerprint density at radius 1 is 1.17 bits per heavy atom. The first kappa shape index (κ1) is 8.48. The fourth-order valence-electron chi connectivity index (χ4n) is 2.46. The molecule has 0 aromatic rings. The van der Waals surface area contributed by atoms with E-state index in [1.807, 2.05) is 5.01 Å². The molecule has 3 N–H and O–H groups in total. The molecule has 3 heteroatoms. The zero-order valence-electron chi connectivity index (χ0n) is 7.68. The Morgan fingerprint density at radius 2 is 1.92 bits per heavy atom. The summed E-state index contributed by atoms with van der Waals surface area (Å²) in [5, 5.41) is 5.46. The Hall–Kier alpha value is -0.120. The van der Waals surface area contributed by atoms with Crippen LogP contribution < -0.4 is 11.2 Å². The van der Waals surface area contributed by atoms with Crippen LogP contribution in [0.1, 0.15) is 25.7 Å². The fraction of sp³-hybridized carbons (Fsp3) is 1.00. The molecular formula is C9H19N3. The largest absolute Gasteiger partial charge is 0.316 e. The number of hydrogen-bond acceptors (Lipinski definition) is 3. The van der Waals surface area contributed by atoms with Gasteiger partial charge in [0.2, 0.25) is 0 Å². The Kier molecular flexibility index (Phi) is 2.35. The number of nitrogens with zero attached hydrogens (tertiary/aromatic N) is 1. The second-order valence-corrected chi connectivity index (χ2v) is 4.32. The molecule has 0 radical (unpaired) electrons. The van der Waals surface area contributed by atoms with Crippen LogP contribution in [0.25, 0.3) is 0 Å². The normalized spacial score (nSPS) is 30.8. The summed E-state index contributed by atoms with van der Waals surface area (Å²) in [5.74, 6) is 5.74. The molecule has 0 saturated carbocycles. The van der Waals surface area contributed by atoms with Crippen molar-refractivity contribution < 1.29 is 0 Å². The van der Waals surface area contributed by atoms with Crippen LogP contribution in [0.5, 0.6) is 0 Å². The number of hydrogen-bond donors (Lipinski definition) is 2. The molecule has 2 aliphatic heterocycles. The number of hydrazine groups is 1. The van der Waals surface area contributed by atoms with E-state index in [0.29, 0.717) is 5.41 Å². The van der Waals surface area contributed by atoms with Gasteiger partial charge in [-0.05, 0) is 37.6 Å². The van der Waals surface area contributed by atoms with E-state index in [-0.39, 0.29) is 0 Å². The maximum Gasteiger partial charge on any atom is 0.0134 e. The lowest BCUT2D eigenvalue weighted by Gasteiger charge is -2.43. The van der Waals surface area contributed by atoms with Gasteiger partial charge in [0, 0.05) is 19.6 Å². The summed E-state index contributed by atoms with van der Waals surface area (Å²) in [6, 6.07) is 0. The quantitative estimate of drug-likeness (QED) is 0.513. The van der Waals surface area contributed by atoms with E-state index in [9.17, 15) is 0 Å². The van der Waals surface area contributed by atoms with E-state index in [2.05, 4.69) is 5.32 Å². The molecule has 2 saturated heterocycles. The summed E-state index contributed by atoms with van der Waals surface area (Å²) in [7, 11) is 0. The lowest BCUT2D eigenvalue weighted by Crippen LogP contribution is -2.49. The molecular weight excluding hydrogens is 150 g/mol. The van der Waals surface area contributed by atoms with Crippen LogP contribution in [-0.4, -0.2) is 31.2 Å². The van der Waals surface area contributed by atoms with Gasteiger partial charge in [0.05, 0.1) is 0 Å². The molecule has 1 spiro atoms. The van der Waals surface area contributed by atoms with Crippen molar-refractivity contribution in [3.8, 4) is 0 Å². The maximum absolute atomic E-state index is 5.74. The zero-order chi connectivity index (χ0) is 8.44. The standard InChI is InChI=1S/C9H19N3/c10-12-6-3-9(4-7-12)2-1-5-11-8-9/h11H,1-8,10H2. The molecule has 2 aliphatic rings. The lowest BCUT2D eigenvalue weighted by atomic mass is 9.73. The van der Waals surface area contributed by atoms with E-state index in [4.69, 9.17) is 5.84 Å². The minimum absolute atomic E-state index is 0.605. The van der Waals surface area contributed by atoms with Crippen LogP contribution in [0.2, 0.25) is 0 Å². The van der Waals surface area contributed by atoms with Gasteiger partial charge in [0.1, 0.15) is 0 Å². The topological polar surface area (TPSA) is 41.3 Å². The second-order valence-electron chi connectivity index (χ2n) is 4.32. The number of nitrogens with two attached hydrogens (primary N) is 1. The molecule has 2 fully saturated rings. The van der Waals surface area contributed by atoms with E-state index in [1.165, 1.54) is 38.8 Å². The Bertz CT molecular complexity index is 142. The predicted octanol–water partition coefficient (Wildman–Crippen LogP) is 0.326. The van der Waals surface area contributed by atoms with E-state index in [0.717, 1.165) is 13.1 Å². The van der Waals surface area contributed by atoms with Crippen molar-refractivity contribution in [1.29, 1.82) is 0 Å². The Morgan fingerprint density at radius 3 is 2.50 bits per heavy atom. The third kappa shape index (κ3) is 1.63. The van der Waals surface area contributed by atoms with Gasteiger partial charge in [-0.15, -0.1) is 0 Å². The average Bonchev–Trinajstić information content (AvgIpc) is 2.13. The molecule has 2 rings (SSSR count). The third-order valence-corrected chi connectivity index (χ3v) is 3.42. The summed E-state index contributed by atoms with van der Waals surface area (Å²) >= 11 is 0. The third-order valence-electron chi connectivity index (χ3n) is 3.42. The highest BCUT2D eigenvalue weighted by atomic mass is 15.4. The molecule has 0 aromatic heterocycles. The summed E-state index contributed by atoms with van der Waals surface area (Å²) in [5.41, 5.74) is 0.605. The van der Waals surface area contributed by atoms with Crippen LogP contribution in [0.3, 0.4) is 0 Å². The van der Waals surface area contributed by atoms with Gasteiger partial charge in [0.25, 0.3) is 0 Å². The van der Waals surface area contributed by atoms with Gasteiger partial charge in [-0.25, -0.2) is 5.01 Å². The summed E-state index contributed by atoms with van der Waals surface area (Å²) in [6.07, 6.45) is 5.34. The van der Waals surface area contributed by atoms with Gasteiger partial charge in [-0.2, -0.15) is 0 Å². The minimum Gasteiger partial charge on any atom is -0.316 e. The van der Waals surface area contributed by atoms with Crippen LogP contribution in [0, 0.1) is 5.41 Å². The van der Waals surface area contributed by atoms with Crippen molar-refractivity contribution in [2.75, 3.05) is 26.2 Å². The van der Waals surface area contributed by atoms with Crippen molar-refractivity contribution in [3.05, 3.63) is 0 Å². The SMILES string of the molecule is NN1CCC2(CCCNC2)CC1. The molecule has 12 heavy (non-hydrogen) atoms. The molecule has 3 nitrogen and oxygen atoms in total. The van der Waals surface area contributed by atoms with Crippen molar-refractivity contribution in [1.82, 2.24) is 10.3 Å². The predicted molar refractivity (Wildman–Crippen MR) is 49.5 cm³/mol. The van der Waals surface area contributed by atoms with Crippen LogP contribution >= 0.6 is 0 Å². The lowest BCUT2D eigenvalue weighted by molar-refractivity contribution is 0.0792. The van der Waals surface area contributed by atoms with E-state index < -0.39 is 0 Å².